The number of amides is 2. The number of aromatic nitrogens is 2. The molecular weight excluding hydrogens is 421 g/mol. The second-order valence-electron chi connectivity index (χ2n) is 5.87. The van der Waals surface area contributed by atoms with Crippen LogP contribution in [-0.4, -0.2) is 39.2 Å². The van der Waals surface area contributed by atoms with Crippen molar-refractivity contribution in [1.29, 1.82) is 0 Å². The minimum atomic E-state index is -0.773. The van der Waals surface area contributed by atoms with Gasteiger partial charge in [0, 0.05) is 6.54 Å². The first-order chi connectivity index (χ1) is 13.9. The largest absolute Gasteiger partial charge is 0.490 e. The highest BCUT2D eigenvalue weighted by atomic mass is 35.5. The molecule has 0 unspecified atom stereocenters. The molecule has 0 N–H and O–H groups in total. The van der Waals surface area contributed by atoms with Gasteiger partial charge in [-0.2, -0.15) is 9.37 Å². The van der Waals surface area contributed by atoms with E-state index in [1.54, 1.807) is 31.2 Å². The van der Waals surface area contributed by atoms with Gasteiger partial charge in [-0.1, -0.05) is 13.0 Å². The molecule has 152 valence electrons. The molecule has 29 heavy (non-hydrogen) atoms. The van der Waals surface area contributed by atoms with E-state index in [1.807, 2.05) is 6.92 Å². The summed E-state index contributed by atoms with van der Waals surface area (Å²) in [4.78, 5) is 33.2. The molecule has 2 heterocycles. The lowest BCUT2D eigenvalue weighted by molar-refractivity contribution is -0.122. The summed E-state index contributed by atoms with van der Waals surface area (Å²) in [7, 11) is 0. The maximum absolute atomic E-state index is 13.9. The molecule has 3 rings (SSSR count). The Kier molecular flexibility index (Phi) is 6.71. The minimum Gasteiger partial charge on any atom is -0.490 e. The van der Waals surface area contributed by atoms with Crippen molar-refractivity contribution in [2.75, 3.05) is 13.2 Å². The minimum absolute atomic E-state index is 0.154. The summed E-state index contributed by atoms with van der Waals surface area (Å²) in [5.74, 6) is -0.886. The highest BCUT2D eigenvalue weighted by Crippen LogP contribution is 2.36. The van der Waals surface area contributed by atoms with Crippen LogP contribution in [0.25, 0.3) is 6.08 Å². The van der Waals surface area contributed by atoms with Crippen LogP contribution in [0.4, 0.5) is 9.18 Å². The second-order valence-corrected chi connectivity index (χ2v) is 7.20. The van der Waals surface area contributed by atoms with Gasteiger partial charge in [-0.25, -0.2) is 4.98 Å². The number of imide groups is 1. The molecule has 1 fully saturated rings. The van der Waals surface area contributed by atoms with Crippen LogP contribution in [0.3, 0.4) is 0 Å². The molecule has 0 atom stereocenters. The Labute approximate surface area is 175 Å². The Morgan fingerprint density at radius 1 is 1.28 bits per heavy atom. The van der Waals surface area contributed by atoms with Crippen LogP contribution in [0.15, 0.2) is 29.3 Å². The Morgan fingerprint density at radius 2 is 2.07 bits per heavy atom. The summed E-state index contributed by atoms with van der Waals surface area (Å²) in [6.45, 7) is 4.40. The lowest BCUT2D eigenvalue weighted by Crippen LogP contribution is -2.28. The average Bonchev–Trinajstić information content (AvgIpc) is 2.94. The van der Waals surface area contributed by atoms with Crippen molar-refractivity contribution in [3.63, 3.8) is 0 Å². The SMILES string of the molecule is CCCN1C(=O)S/C(=C/c2ccc(Oc3nc(Cl)ncc3F)c(OCC)c2)C1=O. The molecule has 1 aliphatic heterocycles. The van der Waals surface area contributed by atoms with Gasteiger partial charge in [0.1, 0.15) is 0 Å². The van der Waals surface area contributed by atoms with Crippen LogP contribution in [0.5, 0.6) is 17.4 Å². The molecule has 0 aliphatic carbocycles. The zero-order valence-corrected chi connectivity index (χ0v) is 17.2. The molecule has 1 aliphatic rings. The van der Waals surface area contributed by atoms with Crippen molar-refractivity contribution in [2.45, 2.75) is 20.3 Å². The van der Waals surface area contributed by atoms with Gasteiger partial charge in [-0.05, 0) is 60.5 Å². The number of thioether (sulfide) groups is 1. The monoisotopic (exact) mass is 437 g/mol. The van der Waals surface area contributed by atoms with E-state index in [1.165, 1.54) is 4.90 Å². The van der Waals surface area contributed by atoms with Gasteiger partial charge in [0.05, 0.1) is 17.7 Å². The first kappa shape index (κ1) is 21.1. The lowest BCUT2D eigenvalue weighted by atomic mass is 10.2. The van der Waals surface area contributed by atoms with Gasteiger partial charge in [-0.15, -0.1) is 0 Å². The molecule has 0 saturated carbocycles. The van der Waals surface area contributed by atoms with Crippen LogP contribution in [-0.2, 0) is 4.79 Å². The standard InChI is InChI=1S/C19H17ClFN3O4S/c1-3-7-24-17(25)15(29-19(24)26)9-11-5-6-13(14(8-11)27-4-2)28-16-12(21)10-22-18(20)23-16/h5-6,8-10H,3-4,7H2,1-2H3/b15-9+. The maximum atomic E-state index is 13.9. The highest BCUT2D eigenvalue weighted by Gasteiger charge is 2.34. The van der Waals surface area contributed by atoms with Gasteiger partial charge in [-0.3, -0.25) is 14.5 Å². The summed E-state index contributed by atoms with van der Waals surface area (Å²) in [5, 5.41) is -0.442. The molecule has 0 radical (unpaired) electrons. The van der Waals surface area contributed by atoms with Gasteiger partial charge < -0.3 is 9.47 Å². The Balaban J connectivity index is 1.89. The van der Waals surface area contributed by atoms with Crippen LogP contribution in [0.2, 0.25) is 5.28 Å². The Hall–Kier alpha value is -2.65. The number of hydrogen-bond acceptors (Lipinski definition) is 7. The first-order valence-corrected chi connectivity index (χ1v) is 10.0. The fraction of sp³-hybridized carbons (Fsp3) is 0.263. The van der Waals surface area contributed by atoms with E-state index in [0.29, 0.717) is 35.8 Å². The zero-order chi connectivity index (χ0) is 21.0. The molecule has 7 nitrogen and oxygen atoms in total. The molecule has 1 aromatic carbocycles. The van der Waals surface area contributed by atoms with Crippen molar-refractivity contribution in [3.05, 3.63) is 46.0 Å². The molecule has 2 aromatic rings. The Morgan fingerprint density at radius 3 is 2.79 bits per heavy atom. The number of benzene rings is 1. The third-order valence-electron chi connectivity index (χ3n) is 3.78. The lowest BCUT2D eigenvalue weighted by Gasteiger charge is -2.12. The second kappa shape index (κ2) is 9.23. The van der Waals surface area contributed by atoms with Crippen molar-refractivity contribution >= 4 is 40.6 Å². The summed E-state index contributed by atoms with van der Waals surface area (Å²) in [5.41, 5.74) is 0.629. The number of carbonyl (C=O) groups is 2. The smallest absolute Gasteiger partial charge is 0.293 e. The molecule has 2 amide bonds. The number of rotatable bonds is 7. The fourth-order valence-corrected chi connectivity index (χ4v) is 3.53. The van der Waals surface area contributed by atoms with E-state index in [-0.39, 0.29) is 28.1 Å². The Bertz CT molecular complexity index is 986. The number of hydrogen-bond donors (Lipinski definition) is 0. The van der Waals surface area contributed by atoms with Crippen LogP contribution in [0.1, 0.15) is 25.8 Å². The third kappa shape index (κ3) is 4.86. The van der Waals surface area contributed by atoms with Crippen molar-refractivity contribution in [1.82, 2.24) is 14.9 Å². The maximum Gasteiger partial charge on any atom is 0.293 e. The molecule has 10 heteroatoms. The first-order valence-electron chi connectivity index (χ1n) is 8.81. The fourth-order valence-electron chi connectivity index (χ4n) is 2.54. The van der Waals surface area contributed by atoms with Crippen molar-refractivity contribution < 1.29 is 23.5 Å². The van der Waals surface area contributed by atoms with E-state index < -0.39 is 5.82 Å². The molecule has 0 spiro atoms. The van der Waals surface area contributed by atoms with E-state index in [9.17, 15) is 14.0 Å². The number of carbonyl (C=O) groups excluding carboxylic acids is 2. The predicted octanol–water partition coefficient (Wildman–Crippen LogP) is 4.91. The van der Waals surface area contributed by atoms with E-state index >= 15 is 0 Å². The van der Waals surface area contributed by atoms with Gasteiger partial charge in [0.2, 0.25) is 11.1 Å². The summed E-state index contributed by atoms with van der Waals surface area (Å²) in [6, 6.07) is 4.85. The summed E-state index contributed by atoms with van der Waals surface area (Å²) < 4.78 is 24.9. The van der Waals surface area contributed by atoms with Gasteiger partial charge in [0.15, 0.2) is 11.5 Å². The van der Waals surface area contributed by atoms with E-state index in [4.69, 9.17) is 21.1 Å². The third-order valence-corrected chi connectivity index (χ3v) is 4.86. The van der Waals surface area contributed by atoms with Crippen molar-refractivity contribution in [2.24, 2.45) is 0 Å². The normalized spacial score (nSPS) is 15.3. The average molecular weight is 438 g/mol. The molecule has 1 aromatic heterocycles. The van der Waals surface area contributed by atoms with Crippen LogP contribution >= 0.6 is 23.4 Å². The number of halogens is 2. The number of nitrogens with zero attached hydrogens (tertiary/aromatic N) is 3. The van der Waals surface area contributed by atoms with Gasteiger partial charge >= 0.3 is 0 Å². The zero-order valence-electron chi connectivity index (χ0n) is 15.6. The van der Waals surface area contributed by atoms with E-state index in [0.717, 1.165) is 18.0 Å². The highest BCUT2D eigenvalue weighted by molar-refractivity contribution is 8.18. The number of ether oxygens (including phenoxy) is 2. The van der Waals surface area contributed by atoms with E-state index in [2.05, 4.69) is 9.97 Å². The topological polar surface area (TPSA) is 81.6 Å². The quantitative estimate of drug-likeness (QED) is 0.449. The van der Waals surface area contributed by atoms with Crippen LogP contribution in [0, 0.1) is 5.82 Å². The predicted molar refractivity (Wildman–Crippen MR) is 108 cm³/mol. The van der Waals surface area contributed by atoms with Crippen LogP contribution < -0.4 is 9.47 Å². The molecular formula is C19H17ClFN3O4S. The molecule has 0 bridgehead atoms. The van der Waals surface area contributed by atoms with Gasteiger partial charge in [0.25, 0.3) is 17.0 Å². The molecule has 1 saturated heterocycles. The van der Waals surface area contributed by atoms with Crippen molar-refractivity contribution in [3.8, 4) is 17.4 Å². The summed E-state index contributed by atoms with van der Waals surface area (Å²) >= 11 is 6.58. The summed E-state index contributed by atoms with van der Waals surface area (Å²) in [6.07, 6.45) is 3.20.